The van der Waals surface area contributed by atoms with Crippen molar-refractivity contribution in [1.82, 2.24) is 72.7 Å². The highest BCUT2D eigenvalue weighted by molar-refractivity contribution is 8.93. The van der Waals surface area contributed by atoms with E-state index in [0.717, 1.165) is 136 Å². The lowest BCUT2D eigenvalue weighted by atomic mass is 10.0. The van der Waals surface area contributed by atoms with Crippen LogP contribution in [0.4, 0.5) is 46.8 Å². The number of nitriles is 3. The van der Waals surface area contributed by atoms with Gasteiger partial charge in [-0.05, 0) is 115 Å². The summed E-state index contributed by atoms with van der Waals surface area (Å²) >= 11 is 3.14. The van der Waals surface area contributed by atoms with Crippen LogP contribution in [0.25, 0.3) is 33.1 Å². The Kier molecular flexibility index (Phi) is 17.8. The molecule has 6 aliphatic rings. The van der Waals surface area contributed by atoms with Crippen LogP contribution in [0.2, 0.25) is 0 Å². The van der Waals surface area contributed by atoms with Crippen LogP contribution in [0.1, 0.15) is 88.0 Å². The molecule has 12 heterocycles. The summed E-state index contributed by atoms with van der Waals surface area (Å²) in [5.74, 6) is 2.53. The number of pyridine rings is 3. The molecule has 0 spiro atoms. The van der Waals surface area contributed by atoms with Crippen molar-refractivity contribution in [3.05, 3.63) is 93.0 Å². The molecule has 9 aromatic heterocycles. The van der Waals surface area contributed by atoms with E-state index in [1.54, 1.807) is 28.4 Å². The van der Waals surface area contributed by atoms with E-state index in [4.69, 9.17) is 4.74 Å². The van der Waals surface area contributed by atoms with Crippen molar-refractivity contribution < 1.29 is 51.9 Å². The van der Waals surface area contributed by atoms with Gasteiger partial charge >= 0.3 is 35.5 Å². The number of likely N-dealkylation sites (tertiary alicyclic amines) is 3. The van der Waals surface area contributed by atoms with Crippen molar-refractivity contribution in [2.75, 3.05) is 98.2 Å². The Hall–Kier alpha value is -9.69. The third kappa shape index (κ3) is 12.3. The second-order valence-corrected chi connectivity index (χ2v) is 26.2. The molecule has 34 heteroatoms. The molecule has 3 saturated heterocycles. The zero-order valence-electron chi connectivity index (χ0n) is 50.1. The number of fused-ring (bicyclic) bond motifs is 6. The first kappa shape index (κ1) is 62.5. The van der Waals surface area contributed by atoms with Crippen LogP contribution < -0.4 is 46.8 Å². The zero-order chi connectivity index (χ0) is 63.2. The number of carbonyl (C=O) groups excluding carboxylic acids is 3. The fraction of sp³-hybridized carbons (Fsp3) is 0.431. The molecule has 3 aliphatic heterocycles. The maximum absolute atomic E-state index is 12.6. The fourth-order valence-electron chi connectivity index (χ4n) is 14.6. The number of nitrogens with one attached hydrogen (secondary N) is 8. The van der Waals surface area contributed by atoms with Gasteiger partial charge in [-0.2, -0.15) is 30.7 Å². The molecule has 6 fully saturated rings. The molecule has 3 saturated carbocycles. The molecule has 15 rings (SSSR count). The number of methoxy groups -OCH3 is 1. The summed E-state index contributed by atoms with van der Waals surface area (Å²) in [6.45, 7) is 4.17. The molecule has 3 aliphatic carbocycles. The second-order valence-electron chi connectivity index (χ2n) is 23.8. The van der Waals surface area contributed by atoms with E-state index in [9.17, 15) is 39.8 Å². The number of nitrogens with zero attached hydrogens (tertiary/aromatic N) is 16. The third-order valence-electron chi connectivity index (χ3n) is 18.9. The molecule has 92 heavy (non-hydrogen) atoms. The zero-order valence-corrected chi connectivity index (χ0v) is 54.3. The minimum Gasteiger partial charge on any atom is -0.466 e. The van der Waals surface area contributed by atoms with Gasteiger partial charge in [-0.3, -0.25) is 24.7 Å². The molecule has 6 amide bonds. The van der Waals surface area contributed by atoms with Gasteiger partial charge in [0.05, 0.1) is 40.9 Å². The summed E-state index contributed by atoms with van der Waals surface area (Å²) in [6.07, 6.45) is 16.2. The van der Waals surface area contributed by atoms with Crippen molar-refractivity contribution in [2.45, 2.75) is 56.7 Å². The van der Waals surface area contributed by atoms with Gasteiger partial charge in [0.25, 0.3) is 0 Å². The minimum absolute atomic E-state index is 0. The number of H-pyrrole nitrogens is 5. The Morgan fingerprint density at radius 1 is 0.543 bits per heavy atom. The summed E-state index contributed by atoms with van der Waals surface area (Å²) < 4.78 is 13.9. The third-order valence-corrected chi connectivity index (χ3v) is 20.8. The summed E-state index contributed by atoms with van der Waals surface area (Å²) in [6, 6.07) is 13.3. The smallest absolute Gasteiger partial charge is 0.357 e. The molecule has 522 valence electrons. The number of rotatable bonds is 10. The number of ether oxygens (including phenoxy) is 1. The first-order chi connectivity index (χ1) is 44.1. The number of halogens is 1. The molecular weight excluding hydrogens is 1300 g/mol. The number of hydrogen-bond acceptors (Lipinski definition) is 22. The van der Waals surface area contributed by atoms with Gasteiger partial charge in [0.15, 0.2) is 0 Å². The van der Waals surface area contributed by atoms with E-state index in [-0.39, 0.29) is 84.2 Å². The van der Waals surface area contributed by atoms with Crippen molar-refractivity contribution in [3.8, 4) is 24.2 Å². The molecule has 0 radical (unpaired) electrons. The van der Waals surface area contributed by atoms with Gasteiger partial charge in [-0.15, -0.1) is 21.4 Å². The summed E-state index contributed by atoms with van der Waals surface area (Å²) in [4.78, 5) is 106. The average molecular weight is 1410 g/mol. The molecular formula is C58H109BrN24O6S3. The molecule has 8 N–H and O–H groups in total. The Bertz CT molecular complexity index is 4330. The SMILES string of the molecule is Br.CN(c1c(C#N)cnc2[nH]ccc12)C1C[C@@H]2CN(C(=O)Nc3nc(=O)[nH]s3)C[C@@H]2C1.CN(c1c(C#N)cnc2[nH]ccc12)C1C[C@@H]2CN(C(=O)Nc3nc(=O)[nH]s3)C[C@@H]2C1.COc1nsc(NC(=O)N2C[C@H]3CC(N(C)c4c(C#N)cnc5[nH]ccc45)C[C@H]3C2)n1.[HH].[HH].[HH].[HH].[HH].[HH].[HH].[HH].[HH].[HH].[HH].[HH].[HH].[HH].[HH].[HH].[HH].[HH].[HH].[HH].[HH].[HH].[HH]. The minimum atomic E-state index is -0.455. The van der Waals surface area contributed by atoms with Gasteiger partial charge in [0.1, 0.15) is 35.1 Å². The summed E-state index contributed by atoms with van der Waals surface area (Å²) in [5.41, 5.74) is 5.91. The van der Waals surface area contributed by atoms with E-state index in [2.05, 4.69) is 114 Å². The van der Waals surface area contributed by atoms with E-state index < -0.39 is 11.4 Å². The van der Waals surface area contributed by atoms with Gasteiger partial charge in [0, 0.05) is 176 Å². The predicted octanol–water partition coefficient (Wildman–Crippen LogP) is 12.8. The number of hydrogen-bond donors (Lipinski definition) is 8. The highest BCUT2D eigenvalue weighted by Gasteiger charge is 2.47. The number of aromatic nitrogens is 12. The van der Waals surface area contributed by atoms with E-state index in [1.807, 2.05) is 55.8 Å². The number of anilines is 6. The highest BCUT2D eigenvalue weighted by atomic mass is 79.9. The first-order valence-electron chi connectivity index (χ1n) is 29.6. The topological polar surface area (TPSA) is 391 Å². The summed E-state index contributed by atoms with van der Waals surface area (Å²) in [7, 11) is 7.63. The maximum atomic E-state index is 12.6. The number of carbonyl (C=O) groups is 3. The second kappa shape index (κ2) is 26.3. The Morgan fingerprint density at radius 2 is 0.859 bits per heavy atom. The van der Waals surface area contributed by atoms with Gasteiger partial charge in [-0.1, -0.05) is 0 Å². The first-order valence-corrected chi connectivity index (χ1v) is 32.0. The van der Waals surface area contributed by atoms with Crippen molar-refractivity contribution in [3.63, 3.8) is 0 Å². The van der Waals surface area contributed by atoms with Crippen LogP contribution in [0, 0.1) is 69.5 Å². The Labute approximate surface area is 581 Å². The lowest BCUT2D eigenvalue weighted by Gasteiger charge is -2.29. The molecule has 9 atom stereocenters. The van der Waals surface area contributed by atoms with Crippen molar-refractivity contribution in [2.24, 2.45) is 35.5 Å². The Morgan fingerprint density at radius 3 is 1.13 bits per heavy atom. The molecule has 30 nitrogen and oxygen atoms in total. The highest BCUT2D eigenvalue weighted by Crippen LogP contribution is 2.46. The van der Waals surface area contributed by atoms with Crippen LogP contribution in [-0.4, -0.2) is 176 Å². The molecule has 3 unspecified atom stereocenters. The normalized spacial score (nSPS) is 22.4. The lowest BCUT2D eigenvalue weighted by Crippen LogP contribution is -2.36. The van der Waals surface area contributed by atoms with E-state index in [0.29, 0.717) is 102 Å². The average Bonchev–Trinajstić information content (AvgIpc) is 1.62. The van der Waals surface area contributed by atoms with Gasteiger partial charge in [-0.25, -0.2) is 38.9 Å². The van der Waals surface area contributed by atoms with Crippen LogP contribution in [0.5, 0.6) is 6.01 Å². The standard InChI is InChI=1S/C20H22N8O2S.2C19H20N8O2S.BrH.23H2/c1-27(16-13(7-21)8-23-17-15(16)3-4-22-17)14-5-11-9-28(10-12(11)6-14)20(29)25-19-24-18(30-2)26-31-19;2*1-26(15-12(6-20)7-22-16-14(15)2-3-21-16)13-4-10-8-27(9-11(10)5-13)19(29)24-18-23-17(28)25-30-18;;;;;;;;;;;;;;;;;;;;;;;;/h3-4,8,11-12,14H,5-6,9-10H2,1-2H3,(H,22,23)(H,24,25,26,29);2*2-3,7,10-11,13H,4-5,8-9H2,1H3,(H,21,22)(H2,23,24,25,28,29);24*1H/t11-,12+,14?;2*10-,11+,13?;;;;;;;;;;;;;;;;;;;;;;;;. The Balaban J connectivity index is -0.000000125. The van der Waals surface area contributed by atoms with Crippen LogP contribution in [0.15, 0.2) is 65.0 Å². The number of amides is 6. The van der Waals surface area contributed by atoms with Gasteiger partial charge < -0.3 is 49.1 Å². The quantitative estimate of drug-likeness (QED) is 0.0630. The summed E-state index contributed by atoms with van der Waals surface area (Å²) in [5, 5.41) is 40.9. The van der Waals surface area contributed by atoms with Crippen molar-refractivity contribution in [1.29, 1.82) is 15.8 Å². The van der Waals surface area contributed by atoms with Crippen molar-refractivity contribution >= 4 is 135 Å². The molecule has 0 bridgehead atoms. The maximum Gasteiger partial charge on any atom is 0.357 e. The van der Waals surface area contributed by atoms with Crippen LogP contribution in [0.3, 0.4) is 0 Å². The lowest BCUT2D eigenvalue weighted by molar-refractivity contribution is 0.217. The van der Waals surface area contributed by atoms with Crippen LogP contribution >= 0.6 is 51.6 Å². The molecule has 0 aromatic carbocycles. The number of aromatic amines is 5. The molecule has 9 aromatic rings. The van der Waals surface area contributed by atoms with E-state index >= 15 is 0 Å². The predicted molar refractivity (Wildman–Crippen MR) is 400 cm³/mol. The largest absolute Gasteiger partial charge is 0.466 e. The van der Waals surface area contributed by atoms with Gasteiger partial charge in [0.2, 0.25) is 15.4 Å². The fourth-order valence-corrected chi connectivity index (χ4v) is 16.1. The van der Waals surface area contributed by atoms with Crippen LogP contribution in [-0.2, 0) is 0 Å². The van der Waals surface area contributed by atoms with E-state index in [1.165, 1.54) is 7.11 Å². The monoisotopic (exact) mass is 1410 g/mol. The number of urea groups is 3.